The maximum Gasteiger partial charge on any atom is 0.254 e. The molecule has 7 heteroatoms. The summed E-state index contributed by atoms with van der Waals surface area (Å²) in [5.74, 6) is 0.351. The van der Waals surface area contributed by atoms with Gasteiger partial charge in [-0.25, -0.2) is 9.37 Å². The first-order valence-corrected chi connectivity index (χ1v) is 13.3. The first-order chi connectivity index (χ1) is 17.7. The van der Waals surface area contributed by atoms with Crippen LogP contribution >= 0.6 is 0 Å². The molecule has 1 aromatic heterocycles. The van der Waals surface area contributed by atoms with Gasteiger partial charge in [-0.3, -0.25) is 4.79 Å². The number of nitrogen functional groups attached to an aromatic ring is 1. The lowest BCUT2D eigenvalue weighted by Gasteiger charge is -2.29. The lowest BCUT2D eigenvalue weighted by atomic mass is 9.84. The van der Waals surface area contributed by atoms with Gasteiger partial charge in [0.25, 0.3) is 5.91 Å². The number of fused-ring (bicyclic) bond motifs is 1. The Morgan fingerprint density at radius 2 is 1.89 bits per heavy atom. The quantitative estimate of drug-likeness (QED) is 0.498. The number of carbonyl (C=O) groups excluding carboxylic acids is 1. The Morgan fingerprint density at radius 3 is 2.59 bits per heavy atom. The third-order valence-electron chi connectivity index (χ3n) is 7.42. The largest absolute Gasteiger partial charge is 0.382 e. The lowest BCUT2D eigenvalue weighted by molar-refractivity contribution is 0.0783. The maximum absolute atomic E-state index is 14.0. The molecule has 1 atom stereocenters. The number of alkyl halides is 1. The molecule has 2 aromatic carbocycles. The van der Waals surface area contributed by atoms with Crippen molar-refractivity contribution in [1.29, 1.82) is 0 Å². The number of morpholine rings is 1. The number of anilines is 2. The second kappa shape index (κ2) is 10.3. The van der Waals surface area contributed by atoms with Crippen LogP contribution in [-0.2, 0) is 11.2 Å². The molecule has 6 nitrogen and oxygen atoms in total. The molecule has 3 heterocycles. The zero-order valence-corrected chi connectivity index (χ0v) is 22.1. The number of hydrogen-bond donors (Lipinski definition) is 1. The Kier molecular flexibility index (Phi) is 7.08. The smallest absolute Gasteiger partial charge is 0.254 e. The van der Waals surface area contributed by atoms with Crippen LogP contribution in [0.5, 0.6) is 0 Å². The SMILES string of the molecule is CC(C)(C)CCc1cccc(C(=O)N2CCC(F)C2)c1-c1cccc2cc(N3CCOCC3)c(N)nc12. The van der Waals surface area contributed by atoms with E-state index in [-0.39, 0.29) is 17.9 Å². The van der Waals surface area contributed by atoms with E-state index in [9.17, 15) is 9.18 Å². The van der Waals surface area contributed by atoms with Crippen LogP contribution in [0.3, 0.4) is 0 Å². The first-order valence-electron chi connectivity index (χ1n) is 13.3. The van der Waals surface area contributed by atoms with Gasteiger partial charge in [-0.05, 0) is 47.9 Å². The number of aromatic nitrogens is 1. The summed E-state index contributed by atoms with van der Waals surface area (Å²) in [6, 6.07) is 14.1. The Labute approximate surface area is 218 Å². The van der Waals surface area contributed by atoms with Crippen molar-refractivity contribution < 1.29 is 13.9 Å². The number of aryl methyl sites for hydroxylation is 1. The minimum absolute atomic E-state index is 0.123. The topological polar surface area (TPSA) is 71.7 Å². The second-order valence-corrected chi connectivity index (χ2v) is 11.4. The number of benzene rings is 2. The van der Waals surface area contributed by atoms with E-state index < -0.39 is 6.17 Å². The number of para-hydroxylation sites is 1. The highest BCUT2D eigenvalue weighted by Gasteiger charge is 2.29. The van der Waals surface area contributed by atoms with E-state index in [1.165, 1.54) is 0 Å². The van der Waals surface area contributed by atoms with Crippen LogP contribution in [0.15, 0.2) is 42.5 Å². The van der Waals surface area contributed by atoms with E-state index in [0.717, 1.165) is 59.2 Å². The fourth-order valence-corrected chi connectivity index (χ4v) is 5.35. The molecule has 2 aliphatic rings. The monoisotopic (exact) mass is 504 g/mol. The fourth-order valence-electron chi connectivity index (χ4n) is 5.35. The molecule has 0 bridgehead atoms. The van der Waals surface area contributed by atoms with E-state index in [2.05, 4.69) is 37.8 Å². The van der Waals surface area contributed by atoms with E-state index >= 15 is 0 Å². The van der Waals surface area contributed by atoms with Gasteiger partial charge >= 0.3 is 0 Å². The van der Waals surface area contributed by atoms with Crippen LogP contribution in [0.4, 0.5) is 15.9 Å². The zero-order chi connectivity index (χ0) is 26.2. The van der Waals surface area contributed by atoms with Crippen LogP contribution < -0.4 is 10.6 Å². The average Bonchev–Trinajstić information content (AvgIpc) is 3.32. The van der Waals surface area contributed by atoms with Crippen LogP contribution in [0, 0.1) is 5.41 Å². The van der Waals surface area contributed by atoms with Crippen molar-refractivity contribution in [2.45, 2.75) is 46.2 Å². The predicted octanol–water partition coefficient (Wildman–Crippen LogP) is 5.48. The van der Waals surface area contributed by atoms with Gasteiger partial charge in [0.05, 0.1) is 31.0 Å². The lowest BCUT2D eigenvalue weighted by Crippen LogP contribution is -2.36. The van der Waals surface area contributed by atoms with Gasteiger partial charge in [0.2, 0.25) is 0 Å². The molecule has 3 aromatic rings. The Bertz CT molecular complexity index is 1300. The molecule has 0 saturated carbocycles. The molecule has 1 unspecified atom stereocenters. The fraction of sp³-hybridized carbons (Fsp3) is 0.467. The van der Waals surface area contributed by atoms with Crippen molar-refractivity contribution in [2.24, 2.45) is 5.41 Å². The number of pyridine rings is 1. The third-order valence-corrected chi connectivity index (χ3v) is 7.42. The summed E-state index contributed by atoms with van der Waals surface area (Å²) in [7, 11) is 0. The molecule has 0 spiro atoms. The molecular weight excluding hydrogens is 467 g/mol. The van der Waals surface area contributed by atoms with Gasteiger partial charge in [0.1, 0.15) is 12.0 Å². The number of halogens is 1. The number of carbonyl (C=O) groups is 1. The number of nitrogens with two attached hydrogens (primary N) is 1. The summed E-state index contributed by atoms with van der Waals surface area (Å²) in [6.07, 6.45) is 1.22. The normalized spacial score (nSPS) is 18.5. The molecule has 37 heavy (non-hydrogen) atoms. The summed E-state index contributed by atoms with van der Waals surface area (Å²) in [6.45, 7) is 10.1. The van der Waals surface area contributed by atoms with Crippen molar-refractivity contribution in [3.8, 4) is 11.1 Å². The zero-order valence-electron chi connectivity index (χ0n) is 22.1. The molecule has 2 N–H and O–H groups in total. The minimum Gasteiger partial charge on any atom is -0.382 e. The van der Waals surface area contributed by atoms with E-state index in [1.54, 1.807) is 4.90 Å². The van der Waals surface area contributed by atoms with Crippen LogP contribution in [-0.4, -0.2) is 61.4 Å². The standard InChI is InChI=1S/C30H37FN4O2/c1-30(2,3)12-10-20-6-4-9-24(29(36)35-13-11-22(31)19-35)26(20)23-8-5-7-21-18-25(28(32)33-27(21)23)34-14-16-37-17-15-34/h4-9,18,22H,10-17,19H2,1-3H3,(H2,32,33). The summed E-state index contributed by atoms with van der Waals surface area (Å²) < 4.78 is 19.5. The van der Waals surface area contributed by atoms with Crippen LogP contribution in [0.25, 0.3) is 22.0 Å². The maximum atomic E-state index is 14.0. The number of likely N-dealkylation sites (tertiary alicyclic amines) is 1. The van der Waals surface area contributed by atoms with Gasteiger partial charge in [-0.1, -0.05) is 51.1 Å². The Hall–Kier alpha value is -3.19. The van der Waals surface area contributed by atoms with E-state index in [0.29, 0.717) is 37.6 Å². The first kappa shape index (κ1) is 25.5. The highest BCUT2D eigenvalue weighted by Crippen LogP contribution is 2.38. The Balaban J connectivity index is 1.65. The highest BCUT2D eigenvalue weighted by atomic mass is 19.1. The van der Waals surface area contributed by atoms with E-state index in [1.807, 2.05) is 30.3 Å². The molecular formula is C30H37FN4O2. The van der Waals surface area contributed by atoms with Crippen LogP contribution in [0.2, 0.25) is 0 Å². The average molecular weight is 505 g/mol. The van der Waals surface area contributed by atoms with Crippen molar-refractivity contribution in [1.82, 2.24) is 9.88 Å². The molecule has 0 radical (unpaired) electrons. The van der Waals surface area contributed by atoms with Gasteiger partial charge in [0, 0.05) is 36.1 Å². The summed E-state index contributed by atoms with van der Waals surface area (Å²) in [5.41, 5.74) is 11.8. The number of ether oxygens (including phenoxy) is 1. The van der Waals surface area contributed by atoms with Crippen LogP contribution in [0.1, 0.15) is 49.5 Å². The van der Waals surface area contributed by atoms with Crippen molar-refractivity contribution in [2.75, 3.05) is 50.0 Å². The van der Waals surface area contributed by atoms with Gasteiger partial charge in [0.15, 0.2) is 0 Å². The van der Waals surface area contributed by atoms with Crippen molar-refractivity contribution in [3.05, 3.63) is 53.6 Å². The molecule has 196 valence electrons. The van der Waals surface area contributed by atoms with Gasteiger partial charge in [-0.2, -0.15) is 0 Å². The third kappa shape index (κ3) is 5.42. The summed E-state index contributed by atoms with van der Waals surface area (Å²) in [4.78, 5) is 22.4. The van der Waals surface area contributed by atoms with E-state index in [4.69, 9.17) is 15.5 Å². The van der Waals surface area contributed by atoms with Gasteiger partial charge < -0.3 is 20.3 Å². The summed E-state index contributed by atoms with van der Waals surface area (Å²) in [5, 5.41) is 0.974. The molecule has 2 fully saturated rings. The molecule has 2 saturated heterocycles. The number of rotatable bonds is 5. The Morgan fingerprint density at radius 1 is 1.14 bits per heavy atom. The number of hydrogen-bond acceptors (Lipinski definition) is 5. The highest BCUT2D eigenvalue weighted by molar-refractivity contribution is 6.06. The molecule has 0 aliphatic carbocycles. The van der Waals surface area contributed by atoms with Crippen molar-refractivity contribution >= 4 is 28.3 Å². The van der Waals surface area contributed by atoms with Gasteiger partial charge in [-0.15, -0.1) is 0 Å². The minimum atomic E-state index is -0.964. The van der Waals surface area contributed by atoms with Crippen molar-refractivity contribution in [3.63, 3.8) is 0 Å². The predicted molar refractivity (Wildman–Crippen MR) is 148 cm³/mol. The second-order valence-electron chi connectivity index (χ2n) is 11.4. The molecule has 5 rings (SSSR count). The summed E-state index contributed by atoms with van der Waals surface area (Å²) >= 11 is 0. The molecule has 1 amide bonds. The number of nitrogens with zero attached hydrogens (tertiary/aromatic N) is 3. The number of amides is 1. The molecule has 2 aliphatic heterocycles.